The molecular formula is C15H24FNO2. The van der Waals surface area contributed by atoms with E-state index in [9.17, 15) is 14.6 Å². The van der Waals surface area contributed by atoms with Crippen molar-refractivity contribution in [1.29, 1.82) is 0 Å². The fraction of sp³-hybridized carbons (Fsp3) is 0.600. The van der Waals surface area contributed by atoms with Crippen LogP contribution in [0.1, 0.15) is 43.9 Å². The third-order valence-electron chi connectivity index (χ3n) is 3.25. The zero-order chi connectivity index (χ0) is 14.4. The molecule has 0 amide bonds. The van der Waals surface area contributed by atoms with Crippen molar-refractivity contribution in [3.63, 3.8) is 0 Å². The lowest BCUT2D eigenvalue weighted by Crippen LogP contribution is -2.29. The smallest absolute Gasteiger partial charge is 0.126 e. The van der Waals surface area contributed by atoms with E-state index in [1.165, 1.54) is 6.07 Å². The molecule has 0 fully saturated rings. The fourth-order valence-corrected chi connectivity index (χ4v) is 2.11. The van der Waals surface area contributed by atoms with Gasteiger partial charge in [0.05, 0.1) is 12.7 Å². The number of unbranched alkanes of at least 4 members (excludes halogenated alkanes) is 1. The summed E-state index contributed by atoms with van der Waals surface area (Å²) in [6, 6.07) is 3.15. The van der Waals surface area contributed by atoms with E-state index in [4.69, 9.17) is 0 Å². The molecule has 0 aliphatic heterocycles. The van der Waals surface area contributed by atoms with Crippen molar-refractivity contribution in [2.75, 3.05) is 24.6 Å². The largest absolute Gasteiger partial charge is 0.395 e. The molecule has 19 heavy (non-hydrogen) atoms. The van der Waals surface area contributed by atoms with Gasteiger partial charge in [0, 0.05) is 24.3 Å². The van der Waals surface area contributed by atoms with Crippen molar-refractivity contribution >= 4 is 5.69 Å². The Morgan fingerprint density at radius 3 is 2.53 bits per heavy atom. The Bertz CT molecular complexity index is 407. The lowest BCUT2D eigenvalue weighted by atomic mass is 10.0. The lowest BCUT2D eigenvalue weighted by molar-refractivity contribution is 0.199. The van der Waals surface area contributed by atoms with Crippen molar-refractivity contribution in [3.8, 4) is 0 Å². The first-order chi connectivity index (χ1) is 9.01. The van der Waals surface area contributed by atoms with Gasteiger partial charge >= 0.3 is 0 Å². The maximum atomic E-state index is 13.6. The second kappa shape index (κ2) is 7.46. The maximum Gasteiger partial charge on any atom is 0.126 e. The van der Waals surface area contributed by atoms with Crippen molar-refractivity contribution in [2.24, 2.45) is 0 Å². The van der Waals surface area contributed by atoms with Gasteiger partial charge in [0.2, 0.25) is 0 Å². The normalized spacial score (nSPS) is 12.5. The molecule has 0 unspecified atom stereocenters. The minimum atomic E-state index is -0.729. The molecule has 1 rings (SSSR count). The summed E-state index contributed by atoms with van der Waals surface area (Å²) in [7, 11) is 0. The van der Waals surface area contributed by atoms with Gasteiger partial charge < -0.3 is 15.1 Å². The van der Waals surface area contributed by atoms with E-state index in [2.05, 4.69) is 6.92 Å². The average Bonchev–Trinajstić information content (AvgIpc) is 2.37. The molecular weight excluding hydrogens is 245 g/mol. The van der Waals surface area contributed by atoms with Crippen LogP contribution in [0.4, 0.5) is 10.1 Å². The number of anilines is 1. The Hall–Kier alpha value is -1.13. The van der Waals surface area contributed by atoms with Crippen molar-refractivity contribution < 1.29 is 14.6 Å². The molecule has 1 aromatic carbocycles. The second-order valence-corrected chi connectivity index (χ2v) is 4.90. The van der Waals surface area contributed by atoms with Gasteiger partial charge in [-0.3, -0.25) is 0 Å². The predicted octanol–water partition coefficient (Wildman–Crippen LogP) is 2.79. The Kier molecular flexibility index (Phi) is 6.25. The minimum Gasteiger partial charge on any atom is -0.395 e. The highest BCUT2D eigenvalue weighted by Crippen LogP contribution is 2.29. The molecule has 0 radical (unpaired) electrons. The summed E-state index contributed by atoms with van der Waals surface area (Å²) in [5, 5.41) is 19.0. The maximum absolute atomic E-state index is 13.6. The molecule has 0 heterocycles. The average molecular weight is 269 g/mol. The van der Waals surface area contributed by atoms with Crippen LogP contribution < -0.4 is 4.90 Å². The third kappa shape index (κ3) is 4.18. The van der Waals surface area contributed by atoms with Crippen LogP contribution in [0, 0.1) is 12.7 Å². The summed E-state index contributed by atoms with van der Waals surface area (Å²) in [6.45, 7) is 6.76. The third-order valence-corrected chi connectivity index (χ3v) is 3.25. The van der Waals surface area contributed by atoms with Gasteiger partial charge in [0.15, 0.2) is 0 Å². The van der Waals surface area contributed by atoms with Gasteiger partial charge in [0.25, 0.3) is 0 Å². The highest BCUT2D eigenvalue weighted by molar-refractivity contribution is 5.56. The molecule has 0 aliphatic rings. The zero-order valence-corrected chi connectivity index (χ0v) is 12.0. The number of rotatable bonds is 7. The number of benzene rings is 1. The van der Waals surface area contributed by atoms with Crippen LogP contribution in [0.5, 0.6) is 0 Å². The van der Waals surface area contributed by atoms with Crippen molar-refractivity contribution in [2.45, 2.75) is 39.7 Å². The molecule has 0 spiro atoms. The summed E-state index contributed by atoms with van der Waals surface area (Å²) in [5.74, 6) is -0.306. The number of aliphatic hydroxyl groups is 2. The van der Waals surface area contributed by atoms with Gasteiger partial charge in [-0.2, -0.15) is 0 Å². The Morgan fingerprint density at radius 1 is 1.32 bits per heavy atom. The van der Waals surface area contributed by atoms with E-state index < -0.39 is 6.10 Å². The minimum absolute atomic E-state index is 0.0411. The molecule has 2 N–H and O–H groups in total. The molecule has 3 nitrogen and oxygen atoms in total. The van der Waals surface area contributed by atoms with Crippen LogP contribution in [-0.4, -0.2) is 29.9 Å². The van der Waals surface area contributed by atoms with Crippen LogP contribution in [0.3, 0.4) is 0 Å². The molecule has 4 heteroatoms. The Labute approximate surface area is 114 Å². The molecule has 1 atom stereocenters. The van der Waals surface area contributed by atoms with Gasteiger partial charge in [0.1, 0.15) is 5.82 Å². The Morgan fingerprint density at radius 2 is 2.00 bits per heavy atom. The predicted molar refractivity (Wildman–Crippen MR) is 76.0 cm³/mol. The van der Waals surface area contributed by atoms with Crippen LogP contribution in [0.25, 0.3) is 0 Å². The van der Waals surface area contributed by atoms with E-state index in [0.717, 1.165) is 25.1 Å². The van der Waals surface area contributed by atoms with E-state index in [-0.39, 0.29) is 12.4 Å². The van der Waals surface area contributed by atoms with Crippen molar-refractivity contribution in [3.05, 3.63) is 29.1 Å². The van der Waals surface area contributed by atoms with Gasteiger partial charge in [-0.1, -0.05) is 13.3 Å². The van der Waals surface area contributed by atoms with Crippen LogP contribution >= 0.6 is 0 Å². The number of aryl methyl sites for hydroxylation is 1. The van der Waals surface area contributed by atoms with Gasteiger partial charge in [-0.15, -0.1) is 0 Å². The number of hydrogen-bond acceptors (Lipinski definition) is 3. The number of hydrogen-bond donors (Lipinski definition) is 2. The SMILES string of the molecule is CCCCN(CCO)c1cc(C)c(F)cc1[C@@H](C)O. The number of nitrogens with zero attached hydrogens (tertiary/aromatic N) is 1. The second-order valence-electron chi connectivity index (χ2n) is 4.90. The van der Waals surface area contributed by atoms with Crippen LogP contribution in [-0.2, 0) is 0 Å². The fourth-order valence-electron chi connectivity index (χ4n) is 2.11. The molecule has 108 valence electrons. The Balaban J connectivity index is 3.15. The van der Waals surface area contributed by atoms with Crippen molar-refractivity contribution in [1.82, 2.24) is 0 Å². The topological polar surface area (TPSA) is 43.7 Å². The van der Waals surface area contributed by atoms with E-state index >= 15 is 0 Å². The number of halogens is 1. The molecule has 0 saturated carbocycles. The summed E-state index contributed by atoms with van der Waals surface area (Å²) >= 11 is 0. The van der Waals surface area contributed by atoms with Gasteiger partial charge in [-0.25, -0.2) is 4.39 Å². The zero-order valence-electron chi connectivity index (χ0n) is 12.0. The molecule has 0 aromatic heterocycles. The number of aliphatic hydroxyl groups excluding tert-OH is 2. The summed E-state index contributed by atoms with van der Waals surface area (Å²) < 4.78 is 13.6. The first kappa shape index (κ1) is 15.9. The highest BCUT2D eigenvalue weighted by atomic mass is 19.1. The first-order valence-electron chi connectivity index (χ1n) is 6.85. The van der Waals surface area contributed by atoms with E-state index in [0.29, 0.717) is 17.7 Å². The molecule has 0 aliphatic carbocycles. The quantitative estimate of drug-likeness (QED) is 0.800. The van der Waals surface area contributed by atoms with Crippen LogP contribution in [0.15, 0.2) is 12.1 Å². The summed E-state index contributed by atoms with van der Waals surface area (Å²) in [5.41, 5.74) is 1.95. The lowest BCUT2D eigenvalue weighted by Gasteiger charge is -2.28. The molecule has 0 bridgehead atoms. The van der Waals surface area contributed by atoms with Gasteiger partial charge in [-0.05, 0) is 38.0 Å². The summed E-state index contributed by atoms with van der Waals surface area (Å²) in [6.07, 6.45) is 1.31. The standard InChI is InChI=1S/C15H24FNO2/c1-4-5-6-17(7-8-18)15-9-11(2)14(16)10-13(15)12(3)19/h9-10,12,18-19H,4-8H2,1-3H3/t12-/m1/s1. The first-order valence-corrected chi connectivity index (χ1v) is 6.85. The highest BCUT2D eigenvalue weighted by Gasteiger charge is 2.16. The van der Waals surface area contributed by atoms with E-state index in [1.807, 2.05) is 4.90 Å². The van der Waals surface area contributed by atoms with Crippen LogP contribution in [0.2, 0.25) is 0 Å². The van der Waals surface area contributed by atoms with E-state index in [1.54, 1.807) is 19.9 Å². The monoisotopic (exact) mass is 269 g/mol. The molecule has 0 saturated heterocycles. The molecule has 1 aromatic rings. The summed E-state index contributed by atoms with van der Waals surface area (Å²) in [4.78, 5) is 2.01.